The van der Waals surface area contributed by atoms with Crippen molar-refractivity contribution in [1.82, 2.24) is 5.32 Å². The summed E-state index contributed by atoms with van der Waals surface area (Å²) in [6, 6.07) is 7.41. The molecule has 0 bridgehead atoms. The highest BCUT2D eigenvalue weighted by atomic mass is 35.5. The molecule has 0 radical (unpaired) electrons. The van der Waals surface area contributed by atoms with Crippen LogP contribution in [0.3, 0.4) is 0 Å². The third-order valence-corrected chi connectivity index (χ3v) is 6.97. The molecular formula is C17H11Cl2N3OS3. The Balaban J connectivity index is 1.80. The number of rotatable bonds is 2. The van der Waals surface area contributed by atoms with Crippen molar-refractivity contribution in [3.05, 3.63) is 49.1 Å². The van der Waals surface area contributed by atoms with E-state index in [0.717, 1.165) is 20.5 Å². The van der Waals surface area contributed by atoms with Crippen molar-refractivity contribution < 1.29 is 4.79 Å². The molecule has 9 heteroatoms. The van der Waals surface area contributed by atoms with Crippen LogP contribution < -0.4 is 10.6 Å². The van der Waals surface area contributed by atoms with Gasteiger partial charge in [-0.2, -0.15) is 5.26 Å². The van der Waals surface area contributed by atoms with E-state index in [2.05, 4.69) is 16.7 Å². The Kier molecular flexibility index (Phi) is 5.51. The molecule has 0 saturated heterocycles. The summed E-state index contributed by atoms with van der Waals surface area (Å²) in [7, 11) is 0. The van der Waals surface area contributed by atoms with Crippen LogP contribution in [-0.2, 0) is 0 Å². The number of halogens is 2. The van der Waals surface area contributed by atoms with Crippen molar-refractivity contribution in [2.75, 3.05) is 5.32 Å². The molecule has 0 fully saturated rings. The van der Waals surface area contributed by atoms with Gasteiger partial charge in [0.05, 0.1) is 10.6 Å². The molecule has 1 amide bonds. The van der Waals surface area contributed by atoms with Gasteiger partial charge in [0.2, 0.25) is 0 Å². The van der Waals surface area contributed by atoms with Crippen LogP contribution in [0.5, 0.6) is 0 Å². The van der Waals surface area contributed by atoms with Crippen LogP contribution in [-0.4, -0.2) is 11.0 Å². The second-order valence-electron chi connectivity index (χ2n) is 5.39. The molecule has 3 aromatic rings. The van der Waals surface area contributed by atoms with Gasteiger partial charge in [0, 0.05) is 20.0 Å². The van der Waals surface area contributed by atoms with Crippen molar-refractivity contribution in [2.24, 2.45) is 0 Å². The number of nitrogens with one attached hydrogen (secondary N) is 2. The SMILES string of the molecule is Cc1sc(NC(=S)NC(=O)c2sc3cc(Cl)ccc3c2Cl)c(C#N)c1C. The van der Waals surface area contributed by atoms with Crippen molar-refractivity contribution in [1.29, 1.82) is 5.26 Å². The Morgan fingerprint density at radius 2 is 2.00 bits per heavy atom. The van der Waals surface area contributed by atoms with E-state index >= 15 is 0 Å². The minimum Gasteiger partial charge on any atom is -0.323 e. The first-order valence-electron chi connectivity index (χ1n) is 7.31. The maximum absolute atomic E-state index is 12.5. The maximum atomic E-state index is 12.5. The number of thiocarbonyl (C=S) groups is 1. The lowest BCUT2D eigenvalue weighted by Crippen LogP contribution is -2.33. The number of hydrogen-bond donors (Lipinski definition) is 2. The Morgan fingerprint density at radius 3 is 2.69 bits per heavy atom. The summed E-state index contributed by atoms with van der Waals surface area (Å²) < 4.78 is 0.822. The average molecular weight is 440 g/mol. The number of benzene rings is 1. The fourth-order valence-electron chi connectivity index (χ4n) is 2.33. The van der Waals surface area contributed by atoms with E-state index in [0.29, 0.717) is 25.5 Å². The average Bonchev–Trinajstić information content (AvgIpc) is 3.04. The third-order valence-electron chi connectivity index (χ3n) is 3.75. The van der Waals surface area contributed by atoms with Gasteiger partial charge in [0.25, 0.3) is 5.91 Å². The lowest BCUT2D eigenvalue weighted by Gasteiger charge is -2.07. The maximum Gasteiger partial charge on any atom is 0.269 e. The Morgan fingerprint density at radius 1 is 1.27 bits per heavy atom. The second kappa shape index (κ2) is 7.51. The Labute approximate surface area is 173 Å². The van der Waals surface area contributed by atoms with Gasteiger partial charge < -0.3 is 5.32 Å². The van der Waals surface area contributed by atoms with E-state index in [1.165, 1.54) is 22.7 Å². The summed E-state index contributed by atoms with van der Waals surface area (Å²) in [6.07, 6.45) is 0. The number of carbonyl (C=O) groups excluding carboxylic acids is 1. The predicted molar refractivity (Wildman–Crippen MR) is 114 cm³/mol. The quantitative estimate of drug-likeness (QED) is 0.488. The van der Waals surface area contributed by atoms with Crippen LogP contribution in [0.15, 0.2) is 18.2 Å². The van der Waals surface area contributed by atoms with Gasteiger partial charge >= 0.3 is 0 Å². The molecule has 26 heavy (non-hydrogen) atoms. The van der Waals surface area contributed by atoms with Crippen LogP contribution >= 0.6 is 58.1 Å². The van der Waals surface area contributed by atoms with Crippen LogP contribution in [0.4, 0.5) is 5.00 Å². The monoisotopic (exact) mass is 439 g/mol. The van der Waals surface area contributed by atoms with Gasteiger partial charge in [-0.05, 0) is 43.8 Å². The summed E-state index contributed by atoms with van der Waals surface area (Å²) in [5.41, 5.74) is 1.43. The molecule has 0 aliphatic heterocycles. The van der Waals surface area contributed by atoms with Crippen molar-refractivity contribution in [3.63, 3.8) is 0 Å². The van der Waals surface area contributed by atoms with Gasteiger partial charge in [-0.3, -0.25) is 10.1 Å². The highest BCUT2D eigenvalue weighted by Gasteiger charge is 2.19. The Hall–Kier alpha value is -1.69. The Bertz CT molecular complexity index is 1100. The topological polar surface area (TPSA) is 64.9 Å². The summed E-state index contributed by atoms with van der Waals surface area (Å²) in [4.78, 5) is 13.9. The molecular weight excluding hydrogens is 429 g/mol. The molecule has 132 valence electrons. The molecule has 0 spiro atoms. The van der Waals surface area contributed by atoms with Crippen LogP contribution in [0, 0.1) is 25.2 Å². The van der Waals surface area contributed by atoms with E-state index in [4.69, 9.17) is 35.4 Å². The van der Waals surface area contributed by atoms with Crippen LogP contribution in [0.2, 0.25) is 10.0 Å². The first-order chi connectivity index (χ1) is 12.3. The molecule has 0 saturated carbocycles. The van der Waals surface area contributed by atoms with Gasteiger partial charge in [-0.15, -0.1) is 22.7 Å². The standard InChI is InChI=1S/C17H11Cl2N3OS3/c1-7-8(2)25-16(11(7)6-20)22-17(24)21-15(23)14-13(19)10-4-3-9(18)5-12(10)26-14/h3-5H,1-2H3,(H2,21,22,23,24). The lowest BCUT2D eigenvalue weighted by atomic mass is 10.2. The number of aryl methyl sites for hydroxylation is 1. The minimum absolute atomic E-state index is 0.110. The van der Waals surface area contributed by atoms with Crippen molar-refractivity contribution >= 4 is 84.2 Å². The molecule has 2 heterocycles. The number of fused-ring (bicyclic) bond motifs is 1. The minimum atomic E-state index is -0.409. The molecule has 0 atom stereocenters. The fraction of sp³-hybridized carbons (Fsp3) is 0.118. The zero-order chi connectivity index (χ0) is 19.0. The largest absolute Gasteiger partial charge is 0.323 e. The summed E-state index contributed by atoms with van der Waals surface area (Å²) in [5, 5.41) is 17.2. The van der Waals surface area contributed by atoms with Gasteiger partial charge in [-0.25, -0.2) is 0 Å². The third kappa shape index (κ3) is 3.56. The number of amides is 1. The molecule has 0 aliphatic carbocycles. The van der Waals surface area contributed by atoms with Gasteiger partial charge in [-0.1, -0.05) is 29.3 Å². The van der Waals surface area contributed by atoms with E-state index in [1.54, 1.807) is 18.2 Å². The molecule has 3 rings (SSSR count). The summed E-state index contributed by atoms with van der Waals surface area (Å²) in [6.45, 7) is 3.80. The fourth-order valence-corrected chi connectivity index (χ4v) is 5.29. The van der Waals surface area contributed by atoms with E-state index in [9.17, 15) is 10.1 Å². The first kappa shape index (κ1) is 19.1. The highest BCUT2D eigenvalue weighted by Crippen LogP contribution is 2.36. The molecule has 2 N–H and O–H groups in total. The number of nitrogens with zero attached hydrogens (tertiary/aromatic N) is 1. The van der Waals surface area contributed by atoms with E-state index < -0.39 is 5.91 Å². The first-order valence-corrected chi connectivity index (χ1v) is 10.1. The van der Waals surface area contributed by atoms with Crippen molar-refractivity contribution in [2.45, 2.75) is 13.8 Å². The van der Waals surface area contributed by atoms with Crippen LogP contribution in [0.25, 0.3) is 10.1 Å². The highest BCUT2D eigenvalue weighted by molar-refractivity contribution is 7.80. The second-order valence-corrected chi connectivity index (χ2v) is 8.89. The van der Waals surface area contributed by atoms with E-state index in [1.807, 2.05) is 13.8 Å². The number of nitriles is 1. The zero-order valence-corrected chi connectivity index (χ0v) is 17.5. The predicted octanol–water partition coefficient (Wildman–Crippen LogP) is 5.88. The molecule has 2 aromatic heterocycles. The normalized spacial score (nSPS) is 10.6. The molecule has 0 aliphatic rings. The van der Waals surface area contributed by atoms with Crippen LogP contribution in [0.1, 0.15) is 25.7 Å². The zero-order valence-electron chi connectivity index (χ0n) is 13.6. The van der Waals surface area contributed by atoms with E-state index in [-0.39, 0.29) is 5.11 Å². The number of anilines is 1. The number of carbonyl (C=O) groups is 1. The van der Waals surface area contributed by atoms with Crippen molar-refractivity contribution in [3.8, 4) is 6.07 Å². The lowest BCUT2D eigenvalue weighted by molar-refractivity contribution is 0.0982. The smallest absolute Gasteiger partial charge is 0.269 e. The van der Waals surface area contributed by atoms with Gasteiger partial charge in [0.1, 0.15) is 15.9 Å². The molecule has 0 unspecified atom stereocenters. The summed E-state index contributed by atoms with van der Waals surface area (Å²) in [5.74, 6) is -0.409. The number of hydrogen-bond acceptors (Lipinski definition) is 5. The molecule has 1 aromatic carbocycles. The number of thiophene rings is 2. The molecule has 4 nitrogen and oxygen atoms in total. The van der Waals surface area contributed by atoms with Gasteiger partial charge in [0.15, 0.2) is 5.11 Å². The summed E-state index contributed by atoms with van der Waals surface area (Å²) >= 11 is 20.2.